The van der Waals surface area contributed by atoms with Crippen molar-refractivity contribution in [1.29, 1.82) is 0 Å². The van der Waals surface area contributed by atoms with Crippen molar-refractivity contribution in [3.63, 3.8) is 0 Å². The average Bonchev–Trinajstić information content (AvgIpc) is 2.59. The molecule has 1 heterocycles. The van der Waals surface area contributed by atoms with Gasteiger partial charge in [0.1, 0.15) is 0 Å². The molecular formula is C12H20N4O. The number of nitrogens with one attached hydrogen (secondary N) is 2. The van der Waals surface area contributed by atoms with E-state index in [1.54, 1.807) is 0 Å². The smallest absolute Gasteiger partial charge is 0.228 e. The van der Waals surface area contributed by atoms with E-state index in [-0.39, 0.29) is 11.8 Å². The van der Waals surface area contributed by atoms with Crippen LogP contribution in [0.1, 0.15) is 44.2 Å². The first kappa shape index (κ1) is 12.0. The second kappa shape index (κ2) is 5.21. The normalized spacial score (nSPS) is 17.7. The topological polar surface area (TPSA) is 83.8 Å². The Kier molecular flexibility index (Phi) is 3.66. The molecule has 1 aromatic heterocycles. The molecule has 4 N–H and O–H groups in total. The van der Waals surface area contributed by atoms with Crippen LogP contribution in [0.25, 0.3) is 0 Å². The van der Waals surface area contributed by atoms with Gasteiger partial charge in [-0.25, -0.2) is 0 Å². The standard InChI is InChI=1S/C12H20N4O/c1-8-10(13)11(16-15-8)14-12(17)9-6-4-2-3-5-7-9/h9H,2-7,13H2,1H3,(H2,14,15,16,17). The zero-order valence-corrected chi connectivity index (χ0v) is 10.3. The van der Waals surface area contributed by atoms with Gasteiger partial charge in [-0.15, -0.1) is 0 Å². The zero-order valence-electron chi connectivity index (χ0n) is 10.3. The number of H-pyrrole nitrogens is 1. The molecule has 0 atom stereocenters. The number of carbonyl (C=O) groups excluding carboxylic acids is 1. The summed E-state index contributed by atoms with van der Waals surface area (Å²) < 4.78 is 0. The molecule has 1 aliphatic rings. The predicted octanol–water partition coefficient (Wildman–Crippen LogP) is 2.21. The van der Waals surface area contributed by atoms with Crippen LogP contribution in [0.5, 0.6) is 0 Å². The van der Waals surface area contributed by atoms with Gasteiger partial charge in [0.15, 0.2) is 5.82 Å². The molecule has 0 radical (unpaired) electrons. The maximum absolute atomic E-state index is 12.1. The van der Waals surface area contributed by atoms with Gasteiger partial charge in [-0.1, -0.05) is 25.7 Å². The summed E-state index contributed by atoms with van der Waals surface area (Å²) in [5.41, 5.74) is 7.13. The predicted molar refractivity (Wildman–Crippen MR) is 67.6 cm³/mol. The number of aryl methyl sites for hydroxylation is 1. The minimum absolute atomic E-state index is 0.0603. The third kappa shape index (κ3) is 2.78. The quantitative estimate of drug-likeness (QED) is 0.688. The van der Waals surface area contributed by atoms with Crippen molar-refractivity contribution in [2.75, 3.05) is 11.1 Å². The molecule has 94 valence electrons. The number of amides is 1. The molecule has 5 heteroatoms. The van der Waals surface area contributed by atoms with E-state index in [1.165, 1.54) is 12.8 Å². The lowest BCUT2D eigenvalue weighted by molar-refractivity contribution is -0.120. The fraction of sp³-hybridized carbons (Fsp3) is 0.667. The molecule has 0 aromatic carbocycles. The number of aromatic amines is 1. The van der Waals surface area contributed by atoms with E-state index < -0.39 is 0 Å². The van der Waals surface area contributed by atoms with Gasteiger partial charge in [0.25, 0.3) is 0 Å². The Morgan fingerprint density at radius 2 is 2.00 bits per heavy atom. The molecule has 0 spiro atoms. The van der Waals surface area contributed by atoms with Crippen LogP contribution < -0.4 is 11.1 Å². The summed E-state index contributed by atoms with van der Waals surface area (Å²) in [6, 6.07) is 0. The minimum Gasteiger partial charge on any atom is -0.394 e. The van der Waals surface area contributed by atoms with Gasteiger partial charge in [-0.2, -0.15) is 5.10 Å². The number of nitrogens with two attached hydrogens (primary N) is 1. The zero-order chi connectivity index (χ0) is 12.3. The monoisotopic (exact) mass is 236 g/mol. The molecule has 2 rings (SSSR count). The summed E-state index contributed by atoms with van der Waals surface area (Å²) in [7, 11) is 0. The fourth-order valence-corrected chi connectivity index (χ4v) is 2.29. The summed E-state index contributed by atoms with van der Waals surface area (Å²) >= 11 is 0. The van der Waals surface area contributed by atoms with Crippen molar-refractivity contribution in [1.82, 2.24) is 10.2 Å². The Hall–Kier alpha value is -1.52. The van der Waals surface area contributed by atoms with E-state index in [9.17, 15) is 4.79 Å². The van der Waals surface area contributed by atoms with Crippen LogP contribution >= 0.6 is 0 Å². The lowest BCUT2D eigenvalue weighted by Gasteiger charge is -2.12. The van der Waals surface area contributed by atoms with E-state index in [0.29, 0.717) is 11.5 Å². The van der Waals surface area contributed by atoms with E-state index >= 15 is 0 Å². The van der Waals surface area contributed by atoms with Gasteiger partial charge >= 0.3 is 0 Å². The van der Waals surface area contributed by atoms with Crippen molar-refractivity contribution >= 4 is 17.4 Å². The molecule has 0 unspecified atom stereocenters. The third-order valence-electron chi connectivity index (χ3n) is 3.46. The molecule has 1 fully saturated rings. The number of rotatable bonds is 2. The van der Waals surface area contributed by atoms with Crippen LogP contribution in [0.4, 0.5) is 11.5 Å². The van der Waals surface area contributed by atoms with Crippen molar-refractivity contribution in [2.24, 2.45) is 5.92 Å². The number of carbonyl (C=O) groups is 1. The Balaban J connectivity index is 1.98. The van der Waals surface area contributed by atoms with Gasteiger partial charge in [-0.3, -0.25) is 9.89 Å². The highest BCUT2D eigenvalue weighted by atomic mass is 16.2. The molecule has 1 amide bonds. The maximum Gasteiger partial charge on any atom is 0.228 e. The Labute approximate surface area is 101 Å². The average molecular weight is 236 g/mol. The Bertz CT molecular complexity index is 391. The Morgan fingerprint density at radius 3 is 2.53 bits per heavy atom. The number of anilines is 2. The van der Waals surface area contributed by atoms with Gasteiger partial charge in [-0.05, 0) is 19.8 Å². The summed E-state index contributed by atoms with van der Waals surface area (Å²) in [5, 5.41) is 9.58. The van der Waals surface area contributed by atoms with Crippen LogP contribution in [0.3, 0.4) is 0 Å². The fourth-order valence-electron chi connectivity index (χ4n) is 2.29. The molecule has 1 aromatic rings. The van der Waals surface area contributed by atoms with E-state index in [2.05, 4.69) is 15.5 Å². The lowest BCUT2D eigenvalue weighted by Crippen LogP contribution is -2.23. The summed E-state index contributed by atoms with van der Waals surface area (Å²) in [6.07, 6.45) is 6.74. The second-order valence-electron chi connectivity index (χ2n) is 4.79. The second-order valence-corrected chi connectivity index (χ2v) is 4.79. The first-order valence-electron chi connectivity index (χ1n) is 6.30. The van der Waals surface area contributed by atoms with Gasteiger partial charge in [0, 0.05) is 5.92 Å². The summed E-state index contributed by atoms with van der Waals surface area (Å²) in [5.74, 6) is 0.649. The number of nitrogen functional groups attached to an aromatic ring is 1. The molecule has 5 nitrogen and oxygen atoms in total. The molecule has 1 aliphatic carbocycles. The highest BCUT2D eigenvalue weighted by Gasteiger charge is 2.21. The van der Waals surface area contributed by atoms with Gasteiger partial charge in [0.05, 0.1) is 11.4 Å². The SMILES string of the molecule is Cc1[nH]nc(NC(=O)C2CCCCCC2)c1N. The van der Waals surface area contributed by atoms with Gasteiger partial charge in [0.2, 0.25) is 5.91 Å². The van der Waals surface area contributed by atoms with Crippen molar-refractivity contribution < 1.29 is 4.79 Å². The highest BCUT2D eigenvalue weighted by Crippen LogP contribution is 2.25. The first-order valence-corrected chi connectivity index (χ1v) is 6.30. The number of hydrogen-bond acceptors (Lipinski definition) is 3. The van der Waals surface area contributed by atoms with Crippen LogP contribution in [0.15, 0.2) is 0 Å². The molecule has 0 aliphatic heterocycles. The Morgan fingerprint density at radius 1 is 1.35 bits per heavy atom. The molecular weight excluding hydrogens is 216 g/mol. The van der Waals surface area contributed by atoms with E-state index in [0.717, 1.165) is 31.4 Å². The largest absolute Gasteiger partial charge is 0.394 e. The van der Waals surface area contributed by atoms with Crippen molar-refractivity contribution in [2.45, 2.75) is 45.4 Å². The van der Waals surface area contributed by atoms with Crippen LogP contribution in [0, 0.1) is 12.8 Å². The number of nitrogens with zero attached hydrogens (tertiary/aromatic N) is 1. The van der Waals surface area contributed by atoms with Crippen LogP contribution in [-0.4, -0.2) is 16.1 Å². The summed E-state index contributed by atoms with van der Waals surface area (Å²) in [4.78, 5) is 12.1. The number of aromatic nitrogens is 2. The maximum atomic E-state index is 12.1. The van der Waals surface area contributed by atoms with E-state index in [4.69, 9.17) is 5.73 Å². The molecule has 17 heavy (non-hydrogen) atoms. The third-order valence-corrected chi connectivity index (χ3v) is 3.46. The molecule has 1 saturated carbocycles. The summed E-state index contributed by atoms with van der Waals surface area (Å²) in [6.45, 7) is 1.84. The van der Waals surface area contributed by atoms with Gasteiger partial charge < -0.3 is 11.1 Å². The molecule has 0 bridgehead atoms. The highest BCUT2D eigenvalue weighted by molar-refractivity contribution is 5.94. The number of hydrogen-bond donors (Lipinski definition) is 3. The lowest BCUT2D eigenvalue weighted by atomic mass is 9.99. The molecule has 0 saturated heterocycles. The van der Waals surface area contributed by atoms with Crippen molar-refractivity contribution in [3.8, 4) is 0 Å². The first-order chi connectivity index (χ1) is 8.18. The minimum atomic E-state index is 0.0603. The van der Waals surface area contributed by atoms with Crippen LogP contribution in [0.2, 0.25) is 0 Å². The van der Waals surface area contributed by atoms with E-state index in [1.807, 2.05) is 6.92 Å². The van der Waals surface area contributed by atoms with Crippen molar-refractivity contribution in [3.05, 3.63) is 5.69 Å². The van der Waals surface area contributed by atoms with Crippen LogP contribution in [-0.2, 0) is 4.79 Å².